The number of carbonyl (C=O) groups is 1. The molecule has 1 aromatic heterocycles. The van der Waals surface area contributed by atoms with Gasteiger partial charge in [0.05, 0.1) is 7.11 Å². The molecule has 0 bridgehead atoms. The molecule has 2 rings (SSSR count). The molecule has 1 aromatic carbocycles. The molecule has 1 amide bonds. The van der Waals surface area contributed by atoms with Crippen LogP contribution in [0.3, 0.4) is 0 Å². The van der Waals surface area contributed by atoms with Gasteiger partial charge in [0.1, 0.15) is 16.5 Å². The number of H-pyrrole nitrogens is 1. The monoisotopic (exact) mass is 278 g/mol. The first-order valence-corrected chi connectivity index (χ1v) is 6.35. The minimum atomic E-state index is -0.584. The van der Waals surface area contributed by atoms with Gasteiger partial charge in [0.15, 0.2) is 0 Å². The van der Waals surface area contributed by atoms with Crippen molar-refractivity contribution in [2.75, 3.05) is 18.2 Å². The van der Waals surface area contributed by atoms with Crippen molar-refractivity contribution in [3.8, 4) is 0 Å². The molecule has 0 radical (unpaired) electrons. The minimum Gasteiger partial charge on any atom is -0.453 e. The van der Waals surface area contributed by atoms with E-state index in [0.717, 1.165) is 4.90 Å². The average Bonchev–Trinajstić information content (AvgIpc) is 2.74. The summed E-state index contributed by atoms with van der Waals surface area (Å²) in [6, 6.07) is 7.97. The Morgan fingerprint density at radius 2 is 2.11 bits per heavy atom. The first-order valence-electron chi connectivity index (χ1n) is 5.53. The highest BCUT2D eigenvalue weighted by atomic mass is 32.2. The second-order valence-electron chi connectivity index (χ2n) is 3.85. The van der Waals surface area contributed by atoms with Gasteiger partial charge in [-0.15, -0.1) is 0 Å². The Morgan fingerprint density at radius 3 is 2.74 bits per heavy atom. The van der Waals surface area contributed by atoms with E-state index in [9.17, 15) is 4.79 Å². The van der Waals surface area contributed by atoms with Gasteiger partial charge >= 0.3 is 6.09 Å². The molecule has 0 aliphatic rings. The van der Waals surface area contributed by atoms with Gasteiger partial charge < -0.3 is 10.5 Å². The lowest BCUT2D eigenvalue weighted by molar-refractivity contribution is 0.187. The number of aromatic nitrogens is 2. The molecule has 100 valence electrons. The van der Waals surface area contributed by atoms with Crippen LogP contribution in [-0.2, 0) is 4.74 Å². The number of nitrogens with two attached hydrogens (primary N) is 1. The summed E-state index contributed by atoms with van der Waals surface area (Å²) in [6.07, 6.45) is -0.584. The van der Waals surface area contributed by atoms with E-state index in [1.807, 2.05) is 31.2 Å². The van der Waals surface area contributed by atoms with Gasteiger partial charge in [0.2, 0.25) is 0 Å². The van der Waals surface area contributed by atoms with Gasteiger partial charge in [0.25, 0.3) is 0 Å². The summed E-state index contributed by atoms with van der Waals surface area (Å²) < 4.78 is 4.54. The fourth-order valence-electron chi connectivity index (χ4n) is 1.40. The number of benzene rings is 1. The molecule has 7 heteroatoms. The summed E-state index contributed by atoms with van der Waals surface area (Å²) in [6.45, 7) is 2.02. The molecule has 0 saturated carbocycles. The number of hydrogen-bond acceptors (Lipinski definition) is 5. The van der Waals surface area contributed by atoms with Crippen molar-refractivity contribution in [1.29, 1.82) is 0 Å². The Kier molecular flexibility index (Phi) is 3.96. The Morgan fingerprint density at radius 1 is 1.42 bits per heavy atom. The number of nitrogens with one attached hydrogen (secondary N) is 2. The highest BCUT2D eigenvalue weighted by molar-refractivity contribution is 7.99. The molecule has 0 unspecified atom stereocenters. The van der Waals surface area contributed by atoms with Crippen molar-refractivity contribution in [3.63, 3.8) is 0 Å². The number of nitrogen functional groups attached to an aromatic ring is 1. The van der Waals surface area contributed by atoms with Crippen LogP contribution in [0.2, 0.25) is 0 Å². The van der Waals surface area contributed by atoms with E-state index in [1.54, 1.807) is 0 Å². The Balaban J connectivity index is 2.20. The zero-order valence-corrected chi connectivity index (χ0v) is 11.4. The number of methoxy groups -OCH3 is 1. The number of ether oxygens (including phenoxy) is 1. The van der Waals surface area contributed by atoms with E-state index >= 15 is 0 Å². The molecule has 0 aliphatic carbocycles. The molecular formula is C12H14N4O2S. The van der Waals surface area contributed by atoms with Crippen LogP contribution in [0, 0.1) is 6.92 Å². The molecule has 0 atom stereocenters. The van der Waals surface area contributed by atoms with E-state index in [-0.39, 0.29) is 0 Å². The van der Waals surface area contributed by atoms with Crippen molar-refractivity contribution in [2.45, 2.75) is 16.8 Å². The van der Waals surface area contributed by atoms with Crippen LogP contribution in [0.5, 0.6) is 0 Å². The summed E-state index contributed by atoms with van der Waals surface area (Å²) >= 11 is 1.40. The third-order valence-electron chi connectivity index (χ3n) is 2.41. The quantitative estimate of drug-likeness (QED) is 0.802. The molecule has 0 saturated heterocycles. The molecule has 2 aromatic rings. The largest absolute Gasteiger partial charge is 0.453 e. The summed E-state index contributed by atoms with van der Waals surface area (Å²) in [5.41, 5.74) is 7.33. The van der Waals surface area contributed by atoms with Crippen LogP contribution < -0.4 is 11.1 Å². The normalized spacial score (nSPS) is 10.2. The minimum absolute atomic E-state index is 0.292. The van der Waals surface area contributed by atoms with Gasteiger partial charge in [-0.1, -0.05) is 29.5 Å². The van der Waals surface area contributed by atoms with Gasteiger partial charge in [-0.3, -0.25) is 10.4 Å². The lowest BCUT2D eigenvalue weighted by Gasteiger charge is -2.05. The first kappa shape index (κ1) is 13.3. The molecule has 19 heavy (non-hydrogen) atoms. The summed E-state index contributed by atoms with van der Waals surface area (Å²) in [7, 11) is 1.29. The molecular weight excluding hydrogens is 264 g/mol. The fourth-order valence-corrected chi connectivity index (χ4v) is 2.25. The van der Waals surface area contributed by atoms with Crippen LogP contribution in [0.4, 0.5) is 16.3 Å². The lowest BCUT2D eigenvalue weighted by Crippen LogP contribution is -2.12. The fraction of sp³-hybridized carbons (Fsp3) is 0.167. The van der Waals surface area contributed by atoms with Gasteiger partial charge in [-0.2, -0.15) is 5.10 Å². The smallest absolute Gasteiger partial charge is 0.411 e. The zero-order valence-electron chi connectivity index (χ0n) is 10.6. The Hall–Kier alpha value is -2.15. The summed E-state index contributed by atoms with van der Waals surface area (Å²) in [5.74, 6) is 0.292. The first-order chi connectivity index (χ1) is 9.10. The van der Waals surface area contributed by atoms with Crippen molar-refractivity contribution in [2.24, 2.45) is 0 Å². The second kappa shape index (κ2) is 5.66. The summed E-state index contributed by atoms with van der Waals surface area (Å²) in [5, 5.41) is 9.83. The van der Waals surface area contributed by atoms with Crippen LogP contribution in [0.1, 0.15) is 5.56 Å². The Bertz CT molecular complexity index is 580. The van der Waals surface area contributed by atoms with E-state index in [4.69, 9.17) is 5.73 Å². The number of aryl methyl sites for hydroxylation is 1. The maximum Gasteiger partial charge on any atom is 0.411 e. The number of aromatic amines is 1. The van der Waals surface area contributed by atoms with E-state index in [0.29, 0.717) is 16.5 Å². The van der Waals surface area contributed by atoms with Crippen LogP contribution in [0.15, 0.2) is 34.2 Å². The van der Waals surface area contributed by atoms with Crippen molar-refractivity contribution in [1.82, 2.24) is 10.2 Å². The van der Waals surface area contributed by atoms with Crippen LogP contribution in [-0.4, -0.2) is 23.4 Å². The number of anilines is 2. The van der Waals surface area contributed by atoms with E-state index < -0.39 is 6.09 Å². The number of amides is 1. The van der Waals surface area contributed by atoms with Crippen molar-refractivity contribution >= 4 is 29.4 Å². The maximum atomic E-state index is 11.2. The van der Waals surface area contributed by atoms with Crippen LogP contribution in [0.25, 0.3) is 0 Å². The summed E-state index contributed by atoms with van der Waals surface area (Å²) in [4.78, 5) is 12.2. The van der Waals surface area contributed by atoms with Gasteiger partial charge in [0, 0.05) is 4.90 Å². The molecule has 0 fully saturated rings. The predicted molar refractivity (Wildman–Crippen MR) is 74.3 cm³/mol. The van der Waals surface area contributed by atoms with E-state index in [1.165, 1.54) is 24.4 Å². The standard InChI is InChI=1S/C12H14N4O2S/c1-7-3-5-8(6-4-7)19-11-9(10(13)15-16-11)14-12(17)18-2/h3-6H,1-2H3,(H,14,17)(H3,13,15,16). The Labute approximate surface area is 114 Å². The third-order valence-corrected chi connectivity index (χ3v) is 3.41. The van der Waals surface area contributed by atoms with Crippen molar-refractivity contribution < 1.29 is 9.53 Å². The molecule has 0 aliphatic heterocycles. The molecule has 1 heterocycles. The second-order valence-corrected chi connectivity index (χ2v) is 4.91. The number of nitrogens with zero attached hydrogens (tertiary/aromatic N) is 1. The van der Waals surface area contributed by atoms with Crippen LogP contribution >= 0.6 is 11.8 Å². The van der Waals surface area contributed by atoms with Gasteiger partial charge in [-0.05, 0) is 19.1 Å². The maximum absolute atomic E-state index is 11.2. The SMILES string of the molecule is COC(=O)Nc1c(Sc2ccc(C)cc2)n[nH]c1N. The predicted octanol–water partition coefficient (Wildman–Crippen LogP) is 2.63. The topological polar surface area (TPSA) is 93.0 Å². The molecule has 0 spiro atoms. The molecule has 6 nitrogen and oxygen atoms in total. The number of hydrogen-bond donors (Lipinski definition) is 3. The highest BCUT2D eigenvalue weighted by Crippen LogP contribution is 2.34. The number of rotatable bonds is 3. The number of carbonyl (C=O) groups excluding carboxylic acids is 1. The lowest BCUT2D eigenvalue weighted by atomic mass is 10.2. The molecule has 4 N–H and O–H groups in total. The highest BCUT2D eigenvalue weighted by Gasteiger charge is 2.15. The average molecular weight is 278 g/mol. The third kappa shape index (κ3) is 3.19. The van der Waals surface area contributed by atoms with E-state index in [2.05, 4.69) is 20.3 Å². The zero-order chi connectivity index (χ0) is 13.8. The van der Waals surface area contributed by atoms with Gasteiger partial charge in [-0.25, -0.2) is 4.79 Å². The van der Waals surface area contributed by atoms with Crippen molar-refractivity contribution in [3.05, 3.63) is 29.8 Å².